The van der Waals surface area contributed by atoms with E-state index in [1.807, 2.05) is 24.3 Å². The number of rotatable bonds is 4. The van der Waals surface area contributed by atoms with E-state index < -0.39 is 11.9 Å². The van der Waals surface area contributed by atoms with Crippen molar-refractivity contribution in [2.45, 2.75) is 18.9 Å². The molecule has 0 fully saturated rings. The molecule has 3 nitrogen and oxygen atoms in total. The molecule has 1 aliphatic heterocycles. The Balaban J connectivity index is 1.68. The molecular weight excluding hydrogens is 271 g/mol. The largest absolute Gasteiger partial charge is 0.493 e. The highest BCUT2D eigenvalue weighted by molar-refractivity contribution is 5.40. The van der Waals surface area contributed by atoms with Crippen molar-refractivity contribution in [3.8, 4) is 11.5 Å². The monoisotopic (exact) mass is 288 g/mol. The summed E-state index contributed by atoms with van der Waals surface area (Å²) in [6.45, 7) is 2.55. The molecule has 4 heteroatoms. The first kappa shape index (κ1) is 13.9. The van der Waals surface area contributed by atoms with Crippen molar-refractivity contribution in [2.24, 2.45) is 0 Å². The number of benzene rings is 2. The number of ether oxygens (including phenoxy) is 2. The van der Waals surface area contributed by atoms with Gasteiger partial charge in [0, 0.05) is 17.2 Å². The highest BCUT2D eigenvalue weighted by atomic mass is 19.1. The van der Waals surface area contributed by atoms with Crippen molar-refractivity contribution in [1.82, 2.24) is 0 Å². The first-order valence-corrected chi connectivity index (χ1v) is 6.97. The van der Waals surface area contributed by atoms with Gasteiger partial charge in [0.25, 0.3) is 0 Å². The zero-order valence-electron chi connectivity index (χ0n) is 11.8. The lowest BCUT2D eigenvalue weighted by Gasteiger charge is -2.13. The summed E-state index contributed by atoms with van der Waals surface area (Å²) in [5.41, 5.74) is 1.40. The number of halogens is 1. The van der Waals surface area contributed by atoms with Crippen LogP contribution in [-0.2, 0) is 0 Å². The molecule has 0 aliphatic carbocycles. The highest BCUT2D eigenvalue weighted by Gasteiger charge is 2.24. The third-order valence-electron chi connectivity index (χ3n) is 3.67. The Kier molecular flexibility index (Phi) is 3.80. The van der Waals surface area contributed by atoms with Gasteiger partial charge in [0.15, 0.2) is 0 Å². The average molecular weight is 288 g/mol. The van der Waals surface area contributed by atoms with Gasteiger partial charge in [-0.25, -0.2) is 4.39 Å². The van der Waals surface area contributed by atoms with Crippen LogP contribution in [0.4, 0.5) is 4.39 Å². The molecule has 0 saturated carbocycles. The lowest BCUT2D eigenvalue weighted by molar-refractivity contribution is 0.193. The molecule has 0 amide bonds. The predicted molar refractivity (Wildman–Crippen MR) is 77.2 cm³/mol. The van der Waals surface area contributed by atoms with E-state index in [-0.39, 0.29) is 11.5 Å². The van der Waals surface area contributed by atoms with Crippen molar-refractivity contribution in [2.75, 3.05) is 13.2 Å². The van der Waals surface area contributed by atoms with Gasteiger partial charge in [-0.1, -0.05) is 18.2 Å². The van der Waals surface area contributed by atoms with E-state index in [1.165, 1.54) is 13.0 Å². The van der Waals surface area contributed by atoms with Gasteiger partial charge in [0.1, 0.15) is 17.3 Å². The van der Waals surface area contributed by atoms with Crippen LogP contribution >= 0.6 is 0 Å². The molecular formula is C17H17FO3. The molecule has 0 aromatic heterocycles. The van der Waals surface area contributed by atoms with Crippen molar-refractivity contribution < 1.29 is 19.0 Å². The standard InChI is InChI=1S/C17H17FO3/c1-11(19)14-7-6-13(8-16(14)18)20-9-12-10-21-17-5-3-2-4-15(12)17/h2-8,11-12,19H,9-10H2,1H3/t11-,12?/m0/s1. The molecule has 2 aromatic carbocycles. The van der Waals surface area contributed by atoms with Gasteiger partial charge in [-0.15, -0.1) is 0 Å². The van der Waals surface area contributed by atoms with Crippen LogP contribution in [0.2, 0.25) is 0 Å². The minimum Gasteiger partial charge on any atom is -0.493 e. The molecule has 0 spiro atoms. The van der Waals surface area contributed by atoms with Gasteiger partial charge in [0.05, 0.1) is 25.2 Å². The number of hydrogen-bond donors (Lipinski definition) is 1. The molecule has 1 unspecified atom stereocenters. The van der Waals surface area contributed by atoms with Gasteiger partial charge in [0.2, 0.25) is 0 Å². The van der Waals surface area contributed by atoms with Crippen LogP contribution < -0.4 is 9.47 Å². The van der Waals surface area contributed by atoms with Crippen molar-refractivity contribution in [1.29, 1.82) is 0 Å². The molecule has 0 radical (unpaired) electrons. The van der Waals surface area contributed by atoms with Crippen LogP contribution in [0.5, 0.6) is 11.5 Å². The van der Waals surface area contributed by atoms with E-state index in [1.54, 1.807) is 12.1 Å². The Hall–Kier alpha value is -2.07. The lowest BCUT2D eigenvalue weighted by atomic mass is 10.0. The SMILES string of the molecule is C[C@H](O)c1ccc(OCC2COc3ccccc32)cc1F. The second-order valence-corrected chi connectivity index (χ2v) is 5.22. The van der Waals surface area contributed by atoms with Crippen LogP contribution in [0.25, 0.3) is 0 Å². The topological polar surface area (TPSA) is 38.7 Å². The van der Waals surface area contributed by atoms with Crippen molar-refractivity contribution in [3.63, 3.8) is 0 Å². The zero-order valence-corrected chi connectivity index (χ0v) is 11.8. The third-order valence-corrected chi connectivity index (χ3v) is 3.67. The fourth-order valence-corrected chi connectivity index (χ4v) is 2.50. The van der Waals surface area contributed by atoms with Crippen molar-refractivity contribution in [3.05, 3.63) is 59.4 Å². The second kappa shape index (κ2) is 5.74. The quantitative estimate of drug-likeness (QED) is 0.936. The van der Waals surface area contributed by atoms with Crippen LogP contribution in [0.3, 0.4) is 0 Å². The Bertz CT molecular complexity index is 640. The summed E-state index contributed by atoms with van der Waals surface area (Å²) < 4.78 is 25.0. The normalized spacial score (nSPS) is 18.0. The smallest absolute Gasteiger partial charge is 0.132 e. The summed E-state index contributed by atoms with van der Waals surface area (Å²) in [5.74, 6) is 1.05. The lowest BCUT2D eigenvalue weighted by Crippen LogP contribution is -2.12. The summed E-state index contributed by atoms with van der Waals surface area (Å²) in [6.07, 6.45) is -0.825. The number of hydrogen-bond acceptors (Lipinski definition) is 3. The Morgan fingerprint density at radius 3 is 2.90 bits per heavy atom. The molecule has 3 rings (SSSR count). The number of aliphatic hydroxyl groups excluding tert-OH is 1. The molecule has 2 atom stereocenters. The number of fused-ring (bicyclic) bond motifs is 1. The van der Waals surface area contributed by atoms with Gasteiger partial charge < -0.3 is 14.6 Å². The molecule has 21 heavy (non-hydrogen) atoms. The molecule has 0 saturated heterocycles. The maximum absolute atomic E-state index is 13.8. The summed E-state index contributed by atoms with van der Waals surface area (Å²) in [7, 11) is 0. The maximum atomic E-state index is 13.8. The summed E-state index contributed by atoms with van der Waals surface area (Å²) >= 11 is 0. The van der Waals surface area contributed by atoms with Gasteiger partial charge in [-0.3, -0.25) is 0 Å². The first-order chi connectivity index (χ1) is 10.1. The van der Waals surface area contributed by atoms with Crippen LogP contribution in [0, 0.1) is 5.82 Å². The summed E-state index contributed by atoms with van der Waals surface area (Å²) in [4.78, 5) is 0. The van der Waals surface area contributed by atoms with E-state index in [2.05, 4.69) is 0 Å². The average Bonchev–Trinajstić information content (AvgIpc) is 2.88. The van der Waals surface area contributed by atoms with E-state index in [4.69, 9.17) is 9.47 Å². The summed E-state index contributed by atoms with van der Waals surface area (Å²) in [6, 6.07) is 12.4. The molecule has 1 heterocycles. The summed E-state index contributed by atoms with van der Waals surface area (Å²) in [5, 5.41) is 9.41. The molecule has 2 aromatic rings. The molecule has 1 N–H and O–H groups in total. The fraction of sp³-hybridized carbons (Fsp3) is 0.294. The second-order valence-electron chi connectivity index (χ2n) is 5.22. The Labute approximate surface area is 122 Å². The Morgan fingerprint density at radius 1 is 1.33 bits per heavy atom. The maximum Gasteiger partial charge on any atom is 0.132 e. The molecule has 0 bridgehead atoms. The van der Waals surface area contributed by atoms with E-state index in [9.17, 15) is 9.50 Å². The number of para-hydroxylation sites is 1. The van der Waals surface area contributed by atoms with Crippen molar-refractivity contribution >= 4 is 0 Å². The fourth-order valence-electron chi connectivity index (χ4n) is 2.50. The van der Waals surface area contributed by atoms with E-state index in [0.717, 1.165) is 11.3 Å². The highest BCUT2D eigenvalue weighted by Crippen LogP contribution is 2.34. The minimum atomic E-state index is -0.825. The third kappa shape index (κ3) is 2.85. The first-order valence-electron chi connectivity index (χ1n) is 6.97. The molecule has 1 aliphatic rings. The van der Waals surface area contributed by atoms with E-state index >= 15 is 0 Å². The zero-order chi connectivity index (χ0) is 14.8. The number of aliphatic hydroxyl groups is 1. The predicted octanol–water partition coefficient (Wildman–Crippen LogP) is 3.43. The Morgan fingerprint density at radius 2 is 2.14 bits per heavy atom. The van der Waals surface area contributed by atoms with Crippen LogP contribution in [0.1, 0.15) is 30.1 Å². The van der Waals surface area contributed by atoms with Gasteiger partial charge >= 0.3 is 0 Å². The van der Waals surface area contributed by atoms with Crippen LogP contribution in [0.15, 0.2) is 42.5 Å². The van der Waals surface area contributed by atoms with Crippen LogP contribution in [-0.4, -0.2) is 18.3 Å². The van der Waals surface area contributed by atoms with E-state index in [0.29, 0.717) is 19.0 Å². The van der Waals surface area contributed by atoms with Gasteiger partial charge in [-0.05, 0) is 25.1 Å². The minimum absolute atomic E-state index is 0.153. The molecule has 110 valence electrons. The van der Waals surface area contributed by atoms with Gasteiger partial charge in [-0.2, -0.15) is 0 Å².